The molecule has 0 saturated heterocycles. The lowest BCUT2D eigenvalue weighted by Crippen LogP contribution is -2.33. The van der Waals surface area contributed by atoms with E-state index < -0.39 is 0 Å². The molecule has 1 aliphatic rings. The Morgan fingerprint density at radius 3 is 2.16 bits per heavy atom. The van der Waals surface area contributed by atoms with Gasteiger partial charge in [0.15, 0.2) is 11.4 Å². The van der Waals surface area contributed by atoms with E-state index in [4.69, 9.17) is 19.4 Å². The van der Waals surface area contributed by atoms with Crippen molar-refractivity contribution in [3.05, 3.63) is 162 Å². The zero-order valence-corrected chi connectivity index (χ0v) is 24.2. The first-order valence-electron chi connectivity index (χ1n) is 15.1. The van der Waals surface area contributed by atoms with E-state index in [1.54, 1.807) is 0 Å². The standard InChI is InChI=1S/C40H26N4O/c1-3-12-25(13-4-1)38-42-39(26-14-5-2-6-15-26)44-40(43-38)32-21-10-17-28-29(18-9-19-30(28)32)31-20-11-23-34-36(31)37-35(45-34)24-27-16-7-8-22-33(27)41-37/h1-24,40H,(H,42,43,44). The molecule has 3 heterocycles. The van der Waals surface area contributed by atoms with Crippen molar-refractivity contribution in [3.8, 4) is 11.1 Å². The van der Waals surface area contributed by atoms with Crippen LogP contribution < -0.4 is 5.32 Å². The normalized spacial score (nSPS) is 14.9. The van der Waals surface area contributed by atoms with E-state index in [1.165, 1.54) is 0 Å². The molecule has 1 N–H and O–H groups in total. The number of hydrogen-bond acceptors (Lipinski definition) is 5. The van der Waals surface area contributed by atoms with Gasteiger partial charge < -0.3 is 9.73 Å². The lowest BCUT2D eigenvalue weighted by atomic mass is 9.92. The number of amidine groups is 2. The molecule has 45 heavy (non-hydrogen) atoms. The molecule has 8 aromatic rings. The number of nitrogens with zero attached hydrogens (tertiary/aromatic N) is 3. The maximum Gasteiger partial charge on any atom is 0.159 e. The largest absolute Gasteiger partial charge is 0.454 e. The Morgan fingerprint density at radius 1 is 0.578 bits per heavy atom. The van der Waals surface area contributed by atoms with Crippen molar-refractivity contribution in [2.75, 3.05) is 0 Å². The summed E-state index contributed by atoms with van der Waals surface area (Å²) in [6.45, 7) is 0. The first kappa shape index (κ1) is 25.4. The maximum atomic E-state index is 6.36. The highest BCUT2D eigenvalue weighted by molar-refractivity contribution is 6.16. The van der Waals surface area contributed by atoms with Crippen LogP contribution in [0.2, 0.25) is 0 Å². The highest BCUT2D eigenvalue weighted by Gasteiger charge is 2.23. The van der Waals surface area contributed by atoms with E-state index in [9.17, 15) is 0 Å². The molecule has 2 aromatic heterocycles. The van der Waals surface area contributed by atoms with Crippen LogP contribution >= 0.6 is 0 Å². The van der Waals surface area contributed by atoms with E-state index in [-0.39, 0.29) is 6.17 Å². The topological polar surface area (TPSA) is 62.8 Å². The van der Waals surface area contributed by atoms with Crippen molar-refractivity contribution < 1.29 is 4.42 Å². The van der Waals surface area contributed by atoms with Gasteiger partial charge in [-0.2, -0.15) is 0 Å². The van der Waals surface area contributed by atoms with Crippen LogP contribution in [-0.2, 0) is 0 Å². The zero-order valence-electron chi connectivity index (χ0n) is 24.2. The molecule has 212 valence electrons. The molecular formula is C40H26N4O. The van der Waals surface area contributed by atoms with Gasteiger partial charge in [0.05, 0.1) is 10.9 Å². The van der Waals surface area contributed by atoms with Crippen molar-refractivity contribution in [2.24, 2.45) is 9.98 Å². The lowest BCUT2D eigenvalue weighted by Gasteiger charge is -2.25. The van der Waals surface area contributed by atoms with Gasteiger partial charge in [-0.05, 0) is 40.1 Å². The monoisotopic (exact) mass is 578 g/mol. The van der Waals surface area contributed by atoms with Crippen LogP contribution in [0.4, 0.5) is 0 Å². The van der Waals surface area contributed by atoms with Gasteiger partial charge in [-0.25, -0.2) is 15.0 Å². The molecule has 0 radical (unpaired) electrons. The molecule has 0 fully saturated rings. The number of nitrogens with one attached hydrogen (secondary N) is 1. The van der Waals surface area contributed by atoms with Gasteiger partial charge >= 0.3 is 0 Å². The second kappa shape index (κ2) is 10.3. The molecule has 6 aromatic carbocycles. The molecule has 5 heteroatoms. The van der Waals surface area contributed by atoms with Gasteiger partial charge in [-0.15, -0.1) is 0 Å². The Hall–Kier alpha value is -6.07. The zero-order chi connectivity index (χ0) is 29.7. The first-order valence-corrected chi connectivity index (χ1v) is 15.1. The fourth-order valence-electron chi connectivity index (χ4n) is 6.43. The number of furan rings is 1. The summed E-state index contributed by atoms with van der Waals surface area (Å²) >= 11 is 0. The first-order chi connectivity index (χ1) is 22.3. The quantitative estimate of drug-likeness (QED) is 0.226. The van der Waals surface area contributed by atoms with Crippen molar-refractivity contribution >= 4 is 55.4 Å². The van der Waals surface area contributed by atoms with E-state index in [0.29, 0.717) is 5.84 Å². The Bertz CT molecular complexity index is 2460. The minimum Gasteiger partial charge on any atom is -0.454 e. The minimum atomic E-state index is -0.328. The lowest BCUT2D eigenvalue weighted by molar-refractivity contribution is 0.669. The van der Waals surface area contributed by atoms with Crippen LogP contribution in [0.25, 0.3) is 54.9 Å². The molecule has 0 amide bonds. The second-order valence-corrected chi connectivity index (χ2v) is 11.2. The number of hydrogen-bond donors (Lipinski definition) is 1. The number of fused-ring (bicyclic) bond motifs is 5. The van der Waals surface area contributed by atoms with E-state index >= 15 is 0 Å². The molecule has 9 rings (SSSR count). The van der Waals surface area contributed by atoms with Crippen LogP contribution in [0.3, 0.4) is 0 Å². The maximum absolute atomic E-state index is 6.36. The summed E-state index contributed by atoms with van der Waals surface area (Å²) in [6, 6.07) is 49.9. The van der Waals surface area contributed by atoms with Gasteiger partial charge in [0, 0.05) is 22.1 Å². The summed E-state index contributed by atoms with van der Waals surface area (Å²) in [7, 11) is 0. The third-order valence-corrected chi connectivity index (χ3v) is 8.53. The molecule has 0 aliphatic carbocycles. The van der Waals surface area contributed by atoms with E-state index in [2.05, 4.69) is 96.3 Å². The predicted octanol–water partition coefficient (Wildman–Crippen LogP) is 9.45. The minimum absolute atomic E-state index is 0.328. The highest BCUT2D eigenvalue weighted by Crippen LogP contribution is 2.40. The Morgan fingerprint density at radius 2 is 1.29 bits per heavy atom. The fourth-order valence-corrected chi connectivity index (χ4v) is 6.43. The van der Waals surface area contributed by atoms with Crippen LogP contribution in [0.15, 0.2) is 160 Å². The number of aliphatic imine (C=N–C) groups is 2. The van der Waals surface area contributed by atoms with Crippen LogP contribution in [0.1, 0.15) is 22.9 Å². The van der Waals surface area contributed by atoms with Crippen LogP contribution in [0, 0.1) is 0 Å². The van der Waals surface area contributed by atoms with Crippen LogP contribution in [0.5, 0.6) is 0 Å². The number of aromatic nitrogens is 1. The predicted molar refractivity (Wildman–Crippen MR) is 184 cm³/mol. The molecule has 1 unspecified atom stereocenters. The summed E-state index contributed by atoms with van der Waals surface area (Å²) in [5.41, 5.74) is 8.75. The SMILES string of the molecule is c1ccc(C2=NC(c3cccc4c(-c5cccc6oc7cc8ccccc8nc7c56)cccc34)NC(c3ccccc3)=N2)cc1. The van der Waals surface area contributed by atoms with Gasteiger partial charge in [0.2, 0.25) is 0 Å². The number of pyridine rings is 1. The van der Waals surface area contributed by atoms with Gasteiger partial charge in [-0.1, -0.05) is 127 Å². The summed E-state index contributed by atoms with van der Waals surface area (Å²) in [4.78, 5) is 15.2. The molecule has 5 nitrogen and oxygen atoms in total. The van der Waals surface area contributed by atoms with Gasteiger partial charge in [0.25, 0.3) is 0 Å². The molecule has 1 atom stereocenters. The number of benzene rings is 6. The Labute approximate surface area is 259 Å². The van der Waals surface area contributed by atoms with E-state index in [1.807, 2.05) is 54.6 Å². The van der Waals surface area contributed by atoms with Gasteiger partial charge in [-0.3, -0.25) is 0 Å². The number of para-hydroxylation sites is 1. The average molecular weight is 579 g/mol. The third-order valence-electron chi connectivity index (χ3n) is 8.53. The summed E-state index contributed by atoms with van der Waals surface area (Å²) in [6.07, 6.45) is -0.328. The van der Waals surface area contributed by atoms with Crippen molar-refractivity contribution in [2.45, 2.75) is 6.17 Å². The summed E-state index contributed by atoms with van der Waals surface area (Å²) in [5.74, 6) is 1.51. The van der Waals surface area contributed by atoms with E-state index in [0.717, 1.165) is 77.4 Å². The smallest absolute Gasteiger partial charge is 0.159 e. The fraction of sp³-hybridized carbons (Fsp3) is 0.0250. The van der Waals surface area contributed by atoms with Crippen LogP contribution in [-0.4, -0.2) is 16.7 Å². The highest BCUT2D eigenvalue weighted by atomic mass is 16.3. The summed E-state index contributed by atoms with van der Waals surface area (Å²) in [5, 5.41) is 7.99. The van der Waals surface area contributed by atoms with Crippen molar-refractivity contribution in [3.63, 3.8) is 0 Å². The second-order valence-electron chi connectivity index (χ2n) is 11.2. The average Bonchev–Trinajstić information content (AvgIpc) is 3.48. The summed E-state index contributed by atoms with van der Waals surface area (Å²) < 4.78 is 6.36. The van der Waals surface area contributed by atoms with Crippen molar-refractivity contribution in [1.82, 2.24) is 10.3 Å². The van der Waals surface area contributed by atoms with Gasteiger partial charge in [0.1, 0.15) is 23.1 Å². The molecule has 0 bridgehead atoms. The number of rotatable bonds is 4. The van der Waals surface area contributed by atoms with Crippen molar-refractivity contribution in [1.29, 1.82) is 0 Å². The molecule has 1 aliphatic heterocycles. The third kappa shape index (κ3) is 4.28. The Balaban J connectivity index is 1.23. The molecular weight excluding hydrogens is 552 g/mol. The Kier molecular flexibility index (Phi) is 5.81. The molecule has 0 saturated carbocycles. The molecule has 0 spiro atoms.